The molecule has 0 fully saturated rings. The molecule has 1 rings (SSSR count). The van der Waals surface area contributed by atoms with Gasteiger partial charge in [-0.25, -0.2) is 0 Å². The summed E-state index contributed by atoms with van der Waals surface area (Å²) in [7, 11) is 0. The Morgan fingerprint density at radius 1 is 1.20 bits per heavy atom. The van der Waals surface area contributed by atoms with E-state index >= 15 is 0 Å². The molecule has 1 aliphatic carbocycles. The normalized spacial score (nSPS) is 21.0. The van der Waals surface area contributed by atoms with Crippen molar-refractivity contribution in [1.82, 2.24) is 0 Å². The lowest BCUT2D eigenvalue weighted by Crippen LogP contribution is -2.04. The fraction of sp³-hybridized carbons (Fsp3) is 0.778. The second-order valence-corrected chi connectivity index (χ2v) is 3.15. The summed E-state index contributed by atoms with van der Waals surface area (Å²) in [4.78, 5) is 0. The van der Waals surface area contributed by atoms with Crippen molar-refractivity contribution in [2.75, 3.05) is 6.54 Å². The van der Waals surface area contributed by atoms with Crippen molar-refractivity contribution in [2.24, 2.45) is 5.73 Å². The molecule has 0 unspecified atom stereocenters. The lowest BCUT2D eigenvalue weighted by molar-refractivity contribution is 0.704. The van der Waals surface area contributed by atoms with Crippen LogP contribution in [0, 0.1) is 0 Å². The standard InChI is InChI=1S/C9H17N/c1-8-5-3-2-4-6-9(8)7-10/h2-7,10H2,1H3. The van der Waals surface area contributed by atoms with Gasteiger partial charge in [0.1, 0.15) is 0 Å². The molecule has 0 amide bonds. The van der Waals surface area contributed by atoms with Gasteiger partial charge < -0.3 is 5.73 Å². The van der Waals surface area contributed by atoms with E-state index in [1.165, 1.54) is 37.7 Å². The number of rotatable bonds is 1. The van der Waals surface area contributed by atoms with Crippen LogP contribution in [0.1, 0.15) is 39.0 Å². The van der Waals surface area contributed by atoms with Crippen LogP contribution in [0.25, 0.3) is 0 Å². The quantitative estimate of drug-likeness (QED) is 0.554. The summed E-state index contributed by atoms with van der Waals surface area (Å²) >= 11 is 0. The molecule has 1 nitrogen and oxygen atoms in total. The molecule has 0 aromatic carbocycles. The van der Waals surface area contributed by atoms with Crippen LogP contribution in [0.15, 0.2) is 11.1 Å². The first-order valence-corrected chi connectivity index (χ1v) is 4.22. The molecule has 0 aliphatic heterocycles. The number of hydrogen-bond acceptors (Lipinski definition) is 1. The van der Waals surface area contributed by atoms with Crippen molar-refractivity contribution in [3.8, 4) is 0 Å². The monoisotopic (exact) mass is 139 g/mol. The van der Waals surface area contributed by atoms with Gasteiger partial charge >= 0.3 is 0 Å². The van der Waals surface area contributed by atoms with Gasteiger partial charge in [-0.15, -0.1) is 0 Å². The Bertz CT molecular complexity index is 136. The highest BCUT2D eigenvalue weighted by molar-refractivity contribution is 5.14. The fourth-order valence-electron chi connectivity index (χ4n) is 1.57. The van der Waals surface area contributed by atoms with Crippen molar-refractivity contribution in [3.63, 3.8) is 0 Å². The zero-order valence-electron chi connectivity index (χ0n) is 6.82. The summed E-state index contributed by atoms with van der Waals surface area (Å²) in [6.07, 6.45) is 6.65. The summed E-state index contributed by atoms with van der Waals surface area (Å²) in [6.45, 7) is 3.01. The first kappa shape index (κ1) is 7.80. The van der Waals surface area contributed by atoms with Crippen LogP contribution < -0.4 is 5.73 Å². The minimum absolute atomic E-state index is 0.784. The zero-order valence-corrected chi connectivity index (χ0v) is 6.82. The Labute approximate surface area is 63.3 Å². The van der Waals surface area contributed by atoms with Crippen LogP contribution in [0.4, 0.5) is 0 Å². The molecule has 58 valence electrons. The first-order chi connectivity index (χ1) is 4.84. The van der Waals surface area contributed by atoms with E-state index in [-0.39, 0.29) is 0 Å². The van der Waals surface area contributed by atoms with E-state index in [1.807, 2.05) is 0 Å². The van der Waals surface area contributed by atoms with Gasteiger partial charge in [-0.3, -0.25) is 0 Å². The van der Waals surface area contributed by atoms with Gasteiger partial charge in [-0.05, 0) is 32.6 Å². The minimum Gasteiger partial charge on any atom is -0.327 e. The van der Waals surface area contributed by atoms with Gasteiger partial charge in [0, 0.05) is 6.54 Å². The van der Waals surface area contributed by atoms with E-state index < -0.39 is 0 Å². The second-order valence-electron chi connectivity index (χ2n) is 3.15. The summed E-state index contributed by atoms with van der Waals surface area (Å²) in [5.41, 5.74) is 8.67. The van der Waals surface area contributed by atoms with Gasteiger partial charge in [0.25, 0.3) is 0 Å². The van der Waals surface area contributed by atoms with E-state index in [4.69, 9.17) is 5.73 Å². The van der Waals surface area contributed by atoms with Gasteiger partial charge in [-0.1, -0.05) is 17.6 Å². The molecule has 10 heavy (non-hydrogen) atoms. The highest BCUT2D eigenvalue weighted by atomic mass is 14.5. The Kier molecular flexibility index (Phi) is 2.94. The third-order valence-corrected chi connectivity index (χ3v) is 2.38. The van der Waals surface area contributed by atoms with Crippen LogP contribution in [0.5, 0.6) is 0 Å². The summed E-state index contributed by atoms with van der Waals surface area (Å²) in [5.74, 6) is 0. The smallest absolute Gasteiger partial charge is 0.0139 e. The average molecular weight is 139 g/mol. The lowest BCUT2D eigenvalue weighted by Gasteiger charge is -2.04. The molecule has 0 aromatic rings. The molecule has 0 radical (unpaired) electrons. The third-order valence-electron chi connectivity index (χ3n) is 2.38. The Balaban J connectivity index is 2.58. The molecule has 0 spiro atoms. The molecule has 1 heteroatoms. The lowest BCUT2D eigenvalue weighted by atomic mass is 10.1. The maximum Gasteiger partial charge on any atom is 0.0139 e. The first-order valence-electron chi connectivity index (χ1n) is 4.22. The summed E-state index contributed by atoms with van der Waals surface area (Å²) in [6, 6.07) is 0. The molecular weight excluding hydrogens is 122 g/mol. The molecule has 0 aromatic heterocycles. The highest BCUT2D eigenvalue weighted by Crippen LogP contribution is 2.21. The third kappa shape index (κ3) is 1.84. The summed E-state index contributed by atoms with van der Waals surface area (Å²) in [5, 5.41) is 0. The van der Waals surface area contributed by atoms with E-state index in [1.54, 1.807) is 5.57 Å². The average Bonchev–Trinajstić information content (AvgIpc) is 2.13. The van der Waals surface area contributed by atoms with Gasteiger partial charge in [0.05, 0.1) is 0 Å². The maximum atomic E-state index is 5.61. The topological polar surface area (TPSA) is 26.0 Å². The maximum absolute atomic E-state index is 5.61. The van der Waals surface area contributed by atoms with Crippen molar-refractivity contribution >= 4 is 0 Å². The van der Waals surface area contributed by atoms with Gasteiger partial charge in [0.15, 0.2) is 0 Å². The van der Waals surface area contributed by atoms with Gasteiger partial charge in [0.2, 0.25) is 0 Å². The summed E-state index contributed by atoms with van der Waals surface area (Å²) < 4.78 is 0. The predicted octanol–water partition coefficient (Wildman–Crippen LogP) is 2.23. The highest BCUT2D eigenvalue weighted by Gasteiger charge is 2.05. The molecule has 0 saturated carbocycles. The number of allylic oxidation sites excluding steroid dienone is 1. The molecule has 0 saturated heterocycles. The molecule has 0 bridgehead atoms. The van der Waals surface area contributed by atoms with Crippen LogP contribution in [-0.4, -0.2) is 6.54 Å². The fourth-order valence-corrected chi connectivity index (χ4v) is 1.57. The van der Waals surface area contributed by atoms with E-state index in [0.29, 0.717) is 0 Å². The predicted molar refractivity (Wildman–Crippen MR) is 44.8 cm³/mol. The van der Waals surface area contributed by atoms with Crippen LogP contribution >= 0.6 is 0 Å². The van der Waals surface area contributed by atoms with Gasteiger partial charge in [-0.2, -0.15) is 0 Å². The molecule has 2 N–H and O–H groups in total. The second kappa shape index (κ2) is 3.77. The number of nitrogens with two attached hydrogens (primary N) is 1. The molecular formula is C9H17N. The zero-order chi connectivity index (χ0) is 7.40. The van der Waals surface area contributed by atoms with Crippen molar-refractivity contribution < 1.29 is 0 Å². The van der Waals surface area contributed by atoms with Crippen LogP contribution in [-0.2, 0) is 0 Å². The molecule has 1 aliphatic rings. The van der Waals surface area contributed by atoms with Crippen LogP contribution in [0.2, 0.25) is 0 Å². The molecule has 0 heterocycles. The van der Waals surface area contributed by atoms with Crippen molar-refractivity contribution in [3.05, 3.63) is 11.1 Å². The molecule has 0 atom stereocenters. The Morgan fingerprint density at radius 2 is 1.90 bits per heavy atom. The van der Waals surface area contributed by atoms with E-state index in [0.717, 1.165) is 6.54 Å². The van der Waals surface area contributed by atoms with Crippen molar-refractivity contribution in [1.29, 1.82) is 0 Å². The largest absolute Gasteiger partial charge is 0.327 e. The Hall–Kier alpha value is -0.300. The SMILES string of the molecule is CC1=C(CN)CCCCC1. The van der Waals surface area contributed by atoms with E-state index in [9.17, 15) is 0 Å². The Morgan fingerprint density at radius 3 is 2.60 bits per heavy atom. The van der Waals surface area contributed by atoms with Crippen molar-refractivity contribution in [2.45, 2.75) is 39.0 Å². The van der Waals surface area contributed by atoms with E-state index in [2.05, 4.69) is 6.92 Å². The van der Waals surface area contributed by atoms with Crippen LogP contribution in [0.3, 0.4) is 0 Å². The number of hydrogen-bond donors (Lipinski definition) is 1. The minimum atomic E-state index is 0.784.